The average Bonchev–Trinajstić information content (AvgIpc) is 3.33. The second-order valence-corrected chi connectivity index (χ2v) is 21.0. The molecule has 0 rings (SSSR count). The van der Waals surface area contributed by atoms with E-state index in [9.17, 15) is 19.8 Å². The maximum Gasteiger partial charge on any atom is 0.305 e. The monoisotopic (exact) mass is 946 g/mol. The van der Waals surface area contributed by atoms with E-state index in [2.05, 4.69) is 19.2 Å². The van der Waals surface area contributed by atoms with E-state index >= 15 is 0 Å². The molecule has 0 spiro atoms. The number of rotatable bonds is 57. The molecule has 6 nitrogen and oxygen atoms in total. The van der Waals surface area contributed by atoms with Gasteiger partial charge < -0.3 is 20.3 Å². The Morgan fingerprint density at radius 3 is 1.01 bits per heavy atom. The van der Waals surface area contributed by atoms with Crippen molar-refractivity contribution < 1.29 is 24.5 Å². The van der Waals surface area contributed by atoms with Crippen molar-refractivity contribution in [2.45, 2.75) is 353 Å². The summed E-state index contributed by atoms with van der Waals surface area (Å²) in [6, 6.07) is -0.629. The number of carbonyl (C=O) groups is 2. The number of hydrogen-bond acceptors (Lipinski definition) is 5. The van der Waals surface area contributed by atoms with Crippen LogP contribution < -0.4 is 5.32 Å². The van der Waals surface area contributed by atoms with Crippen LogP contribution in [0.2, 0.25) is 0 Å². The van der Waals surface area contributed by atoms with Crippen molar-refractivity contribution in [2.24, 2.45) is 0 Å². The fraction of sp³-hybridized carbons (Fsp3) is 0.934. The van der Waals surface area contributed by atoms with E-state index in [1.807, 2.05) is 6.08 Å². The van der Waals surface area contributed by atoms with Gasteiger partial charge in [-0.15, -0.1) is 0 Å². The smallest absolute Gasteiger partial charge is 0.305 e. The van der Waals surface area contributed by atoms with E-state index in [0.29, 0.717) is 19.4 Å². The van der Waals surface area contributed by atoms with Crippen molar-refractivity contribution in [3.05, 3.63) is 12.2 Å². The van der Waals surface area contributed by atoms with Crippen LogP contribution in [-0.2, 0) is 14.3 Å². The molecule has 0 radical (unpaired) electrons. The fourth-order valence-corrected chi connectivity index (χ4v) is 9.64. The number of allylic oxidation sites excluding steroid dienone is 1. The lowest BCUT2D eigenvalue weighted by Crippen LogP contribution is -2.45. The summed E-state index contributed by atoms with van der Waals surface area (Å²) < 4.78 is 5.49. The van der Waals surface area contributed by atoms with Gasteiger partial charge in [-0.1, -0.05) is 309 Å². The summed E-state index contributed by atoms with van der Waals surface area (Å²) >= 11 is 0. The Morgan fingerprint density at radius 2 is 0.687 bits per heavy atom. The highest BCUT2D eigenvalue weighted by atomic mass is 16.5. The molecule has 0 fully saturated rings. The second kappa shape index (κ2) is 57.2. The van der Waals surface area contributed by atoms with Gasteiger partial charge in [0, 0.05) is 12.8 Å². The number of carbonyl (C=O) groups excluding carboxylic acids is 2. The van der Waals surface area contributed by atoms with E-state index in [4.69, 9.17) is 4.74 Å². The molecular formula is C61H119NO5. The molecule has 6 heteroatoms. The van der Waals surface area contributed by atoms with Crippen molar-refractivity contribution in [1.82, 2.24) is 5.32 Å². The highest BCUT2D eigenvalue weighted by molar-refractivity contribution is 5.76. The van der Waals surface area contributed by atoms with E-state index in [1.165, 1.54) is 276 Å². The van der Waals surface area contributed by atoms with E-state index in [0.717, 1.165) is 38.5 Å². The van der Waals surface area contributed by atoms with Crippen molar-refractivity contribution in [1.29, 1.82) is 0 Å². The first-order valence-corrected chi connectivity index (χ1v) is 30.5. The molecule has 0 aromatic rings. The van der Waals surface area contributed by atoms with Gasteiger partial charge in [-0.25, -0.2) is 0 Å². The molecule has 67 heavy (non-hydrogen) atoms. The molecule has 1 amide bonds. The van der Waals surface area contributed by atoms with Crippen LogP contribution >= 0.6 is 0 Å². The van der Waals surface area contributed by atoms with Gasteiger partial charge in [0.05, 0.1) is 25.4 Å². The average molecular weight is 947 g/mol. The summed E-state index contributed by atoms with van der Waals surface area (Å²) in [7, 11) is 0. The fourth-order valence-electron chi connectivity index (χ4n) is 9.64. The normalized spacial score (nSPS) is 12.6. The molecule has 0 aliphatic heterocycles. The zero-order chi connectivity index (χ0) is 48.6. The number of aliphatic hydroxyl groups excluding tert-OH is 2. The first-order valence-electron chi connectivity index (χ1n) is 30.5. The summed E-state index contributed by atoms with van der Waals surface area (Å²) in [6.07, 6.45) is 68.1. The third-order valence-corrected chi connectivity index (χ3v) is 14.3. The predicted octanol–water partition coefficient (Wildman–Crippen LogP) is 18.9. The van der Waals surface area contributed by atoms with Gasteiger partial charge in [0.25, 0.3) is 0 Å². The summed E-state index contributed by atoms with van der Waals surface area (Å²) in [5, 5.41) is 23.1. The van der Waals surface area contributed by atoms with Crippen LogP contribution in [-0.4, -0.2) is 47.4 Å². The van der Waals surface area contributed by atoms with Crippen LogP contribution in [0.25, 0.3) is 0 Å². The topological polar surface area (TPSA) is 95.9 Å². The van der Waals surface area contributed by atoms with Crippen LogP contribution in [0.4, 0.5) is 0 Å². The van der Waals surface area contributed by atoms with Crippen molar-refractivity contribution in [2.75, 3.05) is 13.2 Å². The number of ether oxygens (including phenoxy) is 1. The van der Waals surface area contributed by atoms with Crippen LogP contribution in [0.1, 0.15) is 341 Å². The Bertz CT molecular complexity index is 1000. The minimum atomic E-state index is -0.845. The highest BCUT2D eigenvalue weighted by Crippen LogP contribution is 2.18. The van der Waals surface area contributed by atoms with Crippen molar-refractivity contribution >= 4 is 11.9 Å². The largest absolute Gasteiger partial charge is 0.466 e. The number of aliphatic hydroxyl groups is 2. The molecule has 0 aliphatic carbocycles. The summed E-state index contributed by atoms with van der Waals surface area (Å²) in [5.74, 6) is -0.0564. The second-order valence-electron chi connectivity index (χ2n) is 21.0. The predicted molar refractivity (Wildman–Crippen MR) is 292 cm³/mol. The number of amides is 1. The van der Waals surface area contributed by atoms with E-state index in [-0.39, 0.29) is 18.5 Å². The SMILES string of the molecule is CCCCCCCCCCCCCCCC/C=C/C(O)C(CO)NC(=O)CCCCCCCCCCCCCCCCCCCCCOC(=O)CCCCCCCCCCCCCCCCC. The highest BCUT2D eigenvalue weighted by Gasteiger charge is 2.18. The molecule has 0 aromatic heterocycles. The maximum absolute atomic E-state index is 12.5. The molecule has 2 unspecified atom stereocenters. The summed E-state index contributed by atoms with van der Waals surface area (Å²) in [4.78, 5) is 24.5. The van der Waals surface area contributed by atoms with Crippen LogP contribution in [0.5, 0.6) is 0 Å². The lowest BCUT2D eigenvalue weighted by atomic mass is 10.0. The van der Waals surface area contributed by atoms with Gasteiger partial charge in [-0.3, -0.25) is 9.59 Å². The third kappa shape index (κ3) is 53.8. The number of esters is 1. The van der Waals surface area contributed by atoms with Crippen LogP contribution in [0, 0.1) is 0 Å². The molecule has 0 bridgehead atoms. The number of nitrogens with one attached hydrogen (secondary N) is 1. The van der Waals surface area contributed by atoms with Gasteiger partial charge in [-0.2, -0.15) is 0 Å². The molecule has 2 atom stereocenters. The Labute approximate surface area is 419 Å². The number of hydrogen-bond donors (Lipinski definition) is 3. The molecule has 0 saturated carbocycles. The van der Waals surface area contributed by atoms with Gasteiger partial charge in [-0.05, 0) is 32.1 Å². The minimum absolute atomic E-state index is 0.0118. The first kappa shape index (κ1) is 65.6. The molecular weight excluding hydrogens is 827 g/mol. The van der Waals surface area contributed by atoms with Gasteiger partial charge in [0.2, 0.25) is 5.91 Å². The molecule has 0 aromatic carbocycles. The zero-order valence-corrected chi connectivity index (χ0v) is 45.4. The zero-order valence-electron chi connectivity index (χ0n) is 45.4. The van der Waals surface area contributed by atoms with Crippen LogP contribution in [0.15, 0.2) is 12.2 Å². The Balaban J connectivity index is 3.41. The Morgan fingerprint density at radius 1 is 0.403 bits per heavy atom. The third-order valence-electron chi connectivity index (χ3n) is 14.3. The van der Waals surface area contributed by atoms with Crippen LogP contribution in [0.3, 0.4) is 0 Å². The van der Waals surface area contributed by atoms with Gasteiger partial charge in [0.15, 0.2) is 0 Å². The molecule has 398 valence electrons. The maximum atomic E-state index is 12.5. The van der Waals surface area contributed by atoms with Gasteiger partial charge in [0.1, 0.15) is 0 Å². The summed E-state index contributed by atoms with van der Waals surface area (Å²) in [5.41, 5.74) is 0. The standard InChI is InChI=1S/C61H119NO5/c1-3-5-7-9-11-13-15-17-19-26-29-33-37-41-45-49-53-59(64)58(57-63)62-60(65)54-50-46-42-38-34-30-27-23-21-20-22-24-28-32-36-40-44-48-52-56-67-61(66)55-51-47-43-39-35-31-25-18-16-14-12-10-8-6-4-2/h49,53,58-59,63-64H,3-48,50-52,54-57H2,1-2H3,(H,62,65)/b53-49+. The lowest BCUT2D eigenvalue weighted by Gasteiger charge is -2.20. The Hall–Kier alpha value is -1.40. The molecule has 0 saturated heterocycles. The quantitative estimate of drug-likeness (QED) is 0.0321. The van der Waals surface area contributed by atoms with E-state index < -0.39 is 12.1 Å². The Kier molecular flexibility index (Phi) is 56.0. The molecule has 0 heterocycles. The lowest BCUT2D eigenvalue weighted by molar-refractivity contribution is -0.143. The van der Waals surface area contributed by atoms with Crippen molar-refractivity contribution in [3.63, 3.8) is 0 Å². The number of unbranched alkanes of at least 4 members (excludes halogenated alkanes) is 46. The van der Waals surface area contributed by atoms with E-state index in [1.54, 1.807) is 6.08 Å². The van der Waals surface area contributed by atoms with Crippen molar-refractivity contribution in [3.8, 4) is 0 Å². The van der Waals surface area contributed by atoms with Gasteiger partial charge >= 0.3 is 5.97 Å². The first-order chi connectivity index (χ1) is 33.0. The minimum Gasteiger partial charge on any atom is -0.466 e. The molecule has 3 N–H and O–H groups in total. The summed E-state index contributed by atoms with van der Waals surface area (Å²) in [6.45, 7) is 4.93. The molecule has 0 aliphatic rings.